The highest BCUT2D eigenvalue weighted by Gasteiger charge is 2.25. The standard InChI is InChI=1S/C21H23N3O3S/c1-3-27-17-9-6-10-18-19(17)22-21(28-18)24-13-11-23(12-14-24)20(25)15-7-4-5-8-16(15)26-2/h4-10H,3,11-14H2,1-2H3. The smallest absolute Gasteiger partial charge is 0.257 e. The van der Waals surface area contributed by atoms with E-state index in [2.05, 4.69) is 11.0 Å². The van der Waals surface area contributed by atoms with Crippen LogP contribution >= 0.6 is 11.3 Å². The van der Waals surface area contributed by atoms with Gasteiger partial charge in [-0.05, 0) is 31.2 Å². The summed E-state index contributed by atoms with van der Waals surface area (Å²) in [5, 5.41) is 0.978. The molecule has 0 spiro atoms. The molecule has 1 fully saturated rings. The first-order valence-corrected chi connectivity index (χ1v) is 10.2. The zero-order valence-corrected chi connectivity index (χ0v) is 16.9. The minimum Gasteiger partial charge on any atom is -0.496 e. The van der Waals surface area contributed by atoms with Crippen molar-refractivity contribution in [1.29, 1.82) is 0 Å². The molecule has 0 radical (unpaired) electrons. The normalized spacial score (nSPS) is 14.4. The number of nitrogens with zero attached hydrogens (tertiary/aromatic N) is 3. The van der Waals surface area contributed by atoms with Gasteiger partial charge in [0.1, 0.15) is 17.0 Å². The van der Waals surface area contributed by atoms with Crippen molar-refractivity contribution < 1.29 is 14.3 Å². The van der Waals surface area contributed by atoms with Crippen LogP contribution in [0.5, 0.6) is 11.5 Å². The maximum atomic E-state index is 12.9. The number of fused-ring (bicyclic) bond motifs is 1. The van der Waals surface area contributed by atoms with E-state index in [1.54, 1.807) is 18.4 Å². The number of thiazole rings is 1. The minimum absolute atomic E-state index is 0.0139. The van der Waals surface area contributed by atoms with Crippen LogP contribution in [0, 0.1) is 0 Å². The molecule has 2 heterocycles. The highest BCUT2D eigenvalue weighted by Crippen LogP contribution is 2.34. The van der Waals surface area contributed by atoms with E-state index in [0.717, 1.165) is 34.2 Å². The van der Waals surface area contributed by atoms with Crippen molar-refractivity contribution in [3.8, 4) is 11.5 Å². The molecule has 28 heavy (non-hydrogen) atoms. The van der Waals surface area contributed by atoms with Crippen molar-refractivity contribution >= 4 is 32.6 Å². The second-order valence-corrected chi connectivity index (χ2v) is 7.52. The summed E-state index contributed by atoms with van der Waals surface area (Å²) < 4.78 is 12.2. The molecule has 0 atom stereocenters. The van der Waals surface area contributed by atoms with E-state index in [-0.39, 0.29) is 5.91 Å². The van der Waals surface area contributed by atoms with Crippen LogP contribution in [-0.2, 0) is 0 Å². The lowest BCUT2D eigenvalue weighted by Crippen LogP contribution is -2.48. The Morgan fingerprint density at radius 3 is 2.57 bits per heavy atom. The first kappa shape index (κ1) is 18.6. The highest BCUT2D eigenvalue weighted by atomic mass is 32.1. The Morgan fingerprint density at radius 1 is 1.07 bits per heavy atom. The molecule has 0 bridgehead atoms. The van der Waals surface area contributed by atoms with Crippen LogP contribution < -0.4 is 14.4 Å². The van der Waals surface area contributed by atoms with Gasteiger partial charge in [-0.15, -0.1) is 0 Å². The van der Waals surface area contributed by atoms with E-state index < -0.39 is 0 Å². The lowest BCUT2D eigenvalue weighted by atomic mass is 10.1. The summed E-state index contributed by atoms with van der Waals surface area (Å²) in [4.78, 5) is 21.8. The first-order chi connectivity index (χ1) is 13.7. The van der Waals surface area contributed by atoms with E-state index in [4.69, 9.17) is 14.5 Å². The minimum atomic E-state index is 0.0139. The summed E-state index contributed by atoms with van der Waals surface area (Å²) in [5.41, 5.74) is 1.52. The Hall–Kier alpha value is -2.80. The van der Waals surface area contributed by atoms with E-state index >= 15 is 0 Å². The van der Waals surface area contributed by atoms with Gasteiger partial charge < -0.3 is 19.3 Å². The van der Waals surface area contributed by atoms with Gasteiger partial charge >= 0.3 is 0 Å². The van der Waals surface area contributed by atoms with Crippen LogP contribution in [0.4, 0.5) is 5.13 Å². The first-order valence-electron chi connectivity index (χ1n) is 9.41. The van der Waals surface area contributed by atoms with Gasteiger partial charge in [0.05, 0.1) is 24.0 Å². The fourth-order valence-corrected chi connectivity index (χ4v) is 4.45. The molecule has 1 saturated heterocycles. The molecule has 1 amide bonds. The van der Waals surface area contributed by atoms with Crippen LogP contribution in [0.2, 0.25) is 0 Å². The number of benzene rings is 2. The molecule has 2 aromatic carbocycles. The number of methoxy groups -OCH3 is 1. The summed E-state index contributed by atoms with van der Waals surface area (Å²) in [6.45, 7) is 5.42. The number of rotatable bonds is 5. The SMILES string of the molecule is CCOc1cccc2sc(N3CCN(C(=O)c4ccccc4OC)CC3)nc12. The monoisotopic (exact) mass is 397 g/mol. The zero-order chi connectivity index (χ0) is 19.5. The van der Waals surface area contributed by atoms with Crippen LogP contribution in [-0.4, -0.2) is 55.7 Å². The number of ether oxygens (including phenoxy) is 2. The third-order valence-electron chi connectivity index (χ3n) is 4.85. The number of para-hydroxylation sites is 2. The zero-order valence-electron chi connectivity index (χ0n) is 16.1. The number of carbonyl (C=O) groups is 1. The molecule has 0 N–H and O–H groups in total. The molecule has 1 aromatic heterocycles. The van der Waals surface area contributed by atoms with Crippen molar-refractivity contribution in [2.24, 2.45) is 0 Å². The van der Waals surface area contributed by atoms with Crippen molar-refractivity contribution in [3.05, 3.63) is 48.0 Å². The number of anilines is 1. The van der Waals surface area contributed by atoms with Gasteiger partial charge in [-0.3, -0.25) is 4.79 Å². The lowest BCUT2D eigenvalue weighted by molar-refractivity contribution is 0.0743. The van der Waals surface area contributed by atoms with Crippen LogP contribution in [0.25, 0.3) is 10.2 Å². The fourth-order valence-electron chi connectivity index (χ4n) is 3.41. The summed E-state index contributed by atoms with van der Waals surface area (Å²) in [5.74, 6) is 1.46. The van der Waals surface area contributed by atoms with E-state index in [1.165, 1.54) is 0 Å². The summed E-state index contributed by atoms with van der Waals surface area (Å²) in [6, 6.07) is 13.4. The molecular weight excluding hydrogens is 374 g/mol. The molecule has 0 saturated carbocycles. The van der Waals surface area contributed by atoms with Crippen molar-refractivity contribution in [1.82, 2.24) is 9.88 Å². The molecule has 1 aliphatic rings. The summed E-state index contributed by atoms with van der Waals surface area (Å²) in [6.07, 6.45) is 0. The van der Waals surface area contributed by atoms with Crippen molar-refractivity contribution in [3.63, 3.8) is 0 Å². The quantitative estimate of drug-likeness (QED) is 0.658. The van der Waals surface area contributed by atoms with Gasteiger partial charge in [0.25, 0.3) is 5.91 Å². The lowest BCUT2D eigenvalue weighted by Gasteiger charge is -2.34. The van der Waals surface area contributed by atoms with Gasteiger partial charge in [-0.1, -0.05) is 29.5 Å². The van der Waals surface area contributed by atoms with Crippen LogP contribution in [0.1, 0.15) is 17.3 Å². The second kappa shape index (κ2) is 8.06. The molecule has 0 aliphatic carbocycles. The van der Waals surface area contributed by atoms with Gasteiger partial charge in [0.2, 0.25) is 0 Å². The molecule has 146 valence electrons. The molecule has 1 aliphatic heterocycles. The molecular formula is C21H23N3O3S. The topological polar surface area (TPSA) is 54.9 Å². The van der Waals surface area contributed by atoms with Crippen molar-refractivity contribution in [2.45, 2.75) is 6.92 Å². The van der Waals surface area contributed by atoms with Crippen LogP contribution in [0.3, 0.4) is 0 Å². The Labute approximate surface area is 168 Å². The highest BCUT2D eigenvalue weighted by molar-refractivity contribution is 7.22. The molecule has 4 rings (SSSR count). The Balaban J connectivity index is 1.48. The van der Waals surface area contributed by atoms with Crippen molar-refractivity contribution in [2.75, 3.05) is 44.8 Å². The van der Waals surface area contributed by atoms with Crippen LogP contribution in [0.15, 0.2) is 42.5 Å². The Bertz CT molecular complexity index is 980. The number of hydrogen-bond donors (Lipinski definition) is 0. The molecule has 3 aromatic rings. The Morgan fingerprint density at radius 2 is 1.82 bits per heavy atom. The maximum Gasteiger partial charge on any atom is 0.257 e. The van der Waals surface area contributed by atoms with Gasteiger partial charge in [0.15, 0.2) is 5.13 Å². The number of piperazine rings is 1. The van der Waals surface area contributed by atoms with E-state index in [9.17, 15) is 4.79 Å². The predicted octanol–water partition coefficient (Wildman–Crippen LogP) is 3.67. The summed E-state index contributed by atoms with van der Waals surface area (Å²) in [7, 11) is 1.59. The third kappa shape index (κ3) is 3.49. The number of amides is 1. The predicted molar refractivity (Wildman–Crippen MR) is 112 cm³/mol. The van der Waals surface area contributed by atoms with E-state index in [0.29, 0.717) is 31.0 Å². The average molecular weight is 398 g/mol. The Kier molecular flexibility index (Phi) is 5.34. The number of aromatic nitrogens is 1. The maximum absolute atomic E-state index is 12.9. The third-order valence-corrected chi connectivity index (χ3v) is 5.93. The van der Waals surface area contributed by atoms with Gasteiger partial charge in [-0.25, -0.2) is 4.98 Å². The van der Waals surface area contributed by atoms with E-state index in [1.807, 2.05) is 48.2 Å². The molecule has 7 heteroatoms. The number of hydrogen-bond acceptors (Lipinski definition) is 6. The molecule has 0 unspecified atom stereocenters. The number of carbonyl (C=O) groups excluding carboxylic acids is 1. The second-order valence-electron chi connectivity index (χ2n) is 6.51. The molecule has 6 nitrogen and oxygen atoms in total. The fraction of sp³-hybridized carbons (Fsp3) is 0.333. The summed E-state index contributed by atoms with van der Waals surface area (Å²) >= 11 is 1.67. The largest absolute Gasteiger partial charge is 0.496 e. The van der Waals surface area contributed by atoms with Gasteiger partial charge in [0, 0.05) is 26.2 Å². The van der Waals surface area contributed by atoms with Gasteiger partial charge in [-0.2, -0.15) is 0 Å². The average Bonchev–Trinajstić information content (AvgIpc) is 3.19.